The molecule has 0 radical (unpaired) electrons. The van der Waals surface area contributed by atoms with Gasteiger partial charge in [0.1, 0.15) is 0 Å². The van der Waals surface area contributed by atoms with Crippen molar-refractivity contribution in [2.75, 3.05) is 59.1 Å². The average molecular weight is 332 g/mol. The van der Waals surface area contributed by atoms with E-state index in [0.29, 0.717) is 6.54 Å². The van der Waals surface area contributed by atoms with Crippen molar-refractivity contribution in [2.45, 2.75) is 58.3 Å². The van der Waals surface area contributed by atoms with Gasteiger partial charge in [0.25, 0.3) is 0 Å². The fourth-order valence-corrected chi connectivity index (χ4v) is 2.39. The molecular weight excluding hydrogens is 290 g/mol. The van der Waals surface area contributed by atoms with Crippen LogP contribution in [0.2, 0.25) is 0 Å². The van der Waals surface area contributed by atoms with Crippen molar-refractivity contribution in [3.63, 3.8) is 0 Å². The molecule has 4 N–H and O–H groups in total. The molecule has 0 aromatic heterocycles. The zero-order valence-electron chi connectivity index (χ0n) is 15.4. The van der Waals surface area contributed by atoms with Gasteiger partial charge in [0.15, 0.2) is 0 Å². The highest BCUT2D eigenvalue weighted by Crippen LogP contribution is 2.08. The molecule has 140 valence electrons. The second-order valence-electron chi connectivity index (χ2n) is 6.06. The highest BCUT2D eigenvalue weighted by Gasteiger charge is 1.93. The van der Waals surface area contributed by atoms with Crippen LogP contribution in [0, 0.1) is 0 Å². The Hall–Kier alpha value is -0.200. The van der Waals surface area contributed by atoms with E-state index < -0.39 is 0 Å². The molecule has 0 bridgehead atoms. The molecule has 0 spiro atoms. The molecule has 0 aliphatic rings. The van der Waals surface area contributed by atoms with Gasteiger partial charge in [0, 0.05) is 45.9 Å². The van der Waals surface area contributed by atoms with Gasteiger partial charge in [-0.25, -0.2) is 0 Å². The molecule has 0 saturated heterocycles. The molecule has 0 heterocycles. The number of nitrogens with one attached hydrogen (secondary N) is 3. The van der Waals surface area contributed by atoms with Gasteiger partial charge in [0.2, 0.25) is 0 Å². The molecule has 0 fully saturated rings. The van der Waals surface area contributed by atoms with Gasteiger partial charge in [-0.3, -0.25) is 0 Å². The minimum Gasteiger partial charge on any atom is -0.395 e. The minimum atomic E-state index is 0.209. The number of aliphatic hydroxyl groups is 1. The Morgan fingerprint density at radius 2 is 1.13 bits per heavy atom. The van der Waals surface area contributed by atoms with Crippen LogP contribution < -0.4 is 16.0 Å². The quantitative estimate of drug-likeness (QED) is 0.257. The highest BCUT2D eigenvalue weighted by molar-refractivity contribution is 4.54. The summed E-state index contributed by atoms with van der Waals surface area (Å²) in [5.74, 6) is 0. The van der Waals surface area contributed by atoms with E-state index in [4.69, 9.17) is 9.84 Å². The molecule has 0 aromatic rings. The van der Waals surface area contributed by atoms with Crippen LogP contribution in [0.5, 0.6) is 0 Å². The maximum atomic E-state index is 8.61. The number of hydrogen-bond donors (Lipinski definition) is 4. The van der Waals surface area contributed by atoms with Crippen molar-refractivity contribution in [2.24, 2.45) is 0 Å². The molecule has 23 heavy (non-hydrogen) atoms. The lowest BCUT2D eigenvalue weighted by Crippen LogP contribution is -2.34. The molecule has 0 rings (SSSR count). The van der Waals surface area contributed by atoms with Gasteiger partial charge in [-0.2, -0.15) is 0 Å². The van der Waals surface area contributed by atoms with Gasteiger partial charge in [-0.05, 0) is 6.42 Å². The maximum Gasteiger partial charge on any atom is 0.0590 e. The zero-order chi connectivity index (χ0) is 16.8. The van der Waals surface area contributed by atoms with Crippen LogP contribution in [0.15, 0.2) is 0 Å². The first-order valence-corrected chi connectivity index (χ1v) is 9.72. The first kappa shape index (κ1) is 22.8. The number of ether oxygens (including phenoxy) is 1. The Morgan fingerprint density at radius 1 is 0.609 bits per heavy atom. The number of aliphatic hydroxyl groups excluding tert-OH is 1. The normalized spacial score (nSPS) is 11.2. The molecule has 0 aliphatic heterocycles. The maximum absolute atomic E-state index is 8.61. The Balaban J connectivity index is 2.92. The third kappa shape index (κ3) is 21.8. The van der Waals surface area contributed by atoms with Crippen molar-refractivity contribution in [3.05, 3.63) is 0 Å². The SMILES string of the molecule is CCCCCCCCCCOCCNCCNCCNCCO. The Bertz CT molecular complexity index is 187. The van der Waals surface area contributed by atoms with Gasteiger partial charge in [-0.1, -0.05) is 51.9 Å². The van der Waals surface area contributed by atoms with E-state index in [0.717, 1.165) is 45.9 Å². The average Bonchev–Trinajstić information content (AvgIpc) is 2.57. The summed E-state index contributed by atoms with van der Waals surface area (Å²) >= 11 is 0. The smallest absolute Gasteiger partial charge is 0.0590 e. The lowest BCUT2D eigenvalue weighted by molar-refractivity contribution is 0.131. The molecular formula is C18H41N3O2. The lowest BCUT2D eigenvalue weighted by Gasteiger charge is -2.08. The minimum absolute atomic E-state index is 0.209. The summed E-state index contributed by atoms with van der Waals surface area (Å²) in [6, 6.07) is 0. The summed E-state index contributed by atoms with van der Waals surface area (Å²) in [5, 5.41) is 18.4. The van der Waals surface area contributed by atoms with Gasteiger partial charge in [-0.15, -0.1) is 0 Å². The molecule has 0 aromatic carbocycles. The van der Waals surface area contributed by atoms with Crippen LogP contribution in [-0.4, -0.2) is 64.2 Å². The summed E-state index contributed by atoms with van der Waals surface area (Å²) < 4.78 is 5.63. The van der Waals surface area contributed by atoms with Crippen LogP contribution in [0.25, 0.3) is 0 Å². The third-order valence-electron chi connectivity index (χ3n) is 3.81. The number of unbranched alkanes of at least 4 members (excludes halogenated alkanes) is 7. The second kappa shape index (κ2) is 21.8. The second-order valence-corrected chi connectivity index (χ2v) is 6.06. The molecule has 0 aliphatic carbocycles. The van der Waals surface area contributed by atoms with Crippen LogP contribution in [0.4, 0.5) is 0 Å². The van der Waals surface area contributed by atoms with E-state index in [-0.39, 0.29) is 6.61 Å². The third-order valence-corrected chi connectivity index (χ3v) is 3.81. The summed E-state index contributed by atoms with van der Waals surface area (Å²) in [6.45, 7) is 9.60. The van der Waals surface area contributed by atoms with Crippen LogP contribution in [-0.2, 0) is 4.74 Å². The predicted molar refractivity (Wildman–Crippen MR) is 99.1 cm³/mol. The predicted octanol–water partition coefficient (Wildman–Crippen LogP) is 1.90. The van der Waals surface area contributed by atoms with E-state index >= 15 is 0 Å². The van der Waals surface area contributed by atoms with Crippen molar-refractivity contribution >= 4 is 0 Å². The lowest BCUT2D eigenvalue weighted by atomic mass is 10.1. The van der Waals surface area contributed by atoms with Crippen molar-refractivity contribution < 1.29 is 9.84 Å². The first-order chi connectivity index (χ1) is 11.4. The summed E-state index contributed by atoms with van der Waals surface area (Å²) in [7, 11) is 0. The number of hydrogen-bond acceptors (Lipinski definition) is 5. The molecule has 0 unspecified atom stereocenters. The van der Waals surface area contributed by atoms with Crippen molar-refractivity contribution in [1.29, 1.82) is 0 Å². The van der Waals surface area contributed by atoms with Gasteiger partial charge in [0.05, 0.1) is 13.2 Å². The van der Waals surface area contributed by atoms with Crippen LogP contribution in [0.1, 0.15) is 58.3 Å². The van der Waals surface area contributed by atoms with Crippen LogP contribution in [0.3, 0.4) is 0 Å². The van der Waals surface area contributed by atoms with E-state index in [1.165, 1.54) is 51.4 Å². The molecule has 5 nitrogen and oxygen atoms in total. The number of rotatable bonds is 20. The van der Waals surface area contributed by atoms with E-state index in [1.54, 1.807) is 0 Å². The summed E-state index contributed by atoms with van der Waals surface area (Å²) in [5.41, 5.74) is 0. The standard InChI is InChI=1S/C18H41N3O2/c1-2-3-4-5-6-7-8-9-17-23-18-15-21-13-11-19-10-12-20-14-16-22/h19-22H,2-18H2,1H3. The Kier molecular flexibility index (Phi) is 21.6. The Morgan fingerprint density at radius 3 is 1.74 bits per heavy atom. The topological polar surface area (TPSA) is 65.5 Å². The van der Waals surface area contributed by atoms with Gasteiger partial charge >= 0.3 is 0 Å². The molecule has 0 saturated carbocycles. The first-order valence-electron chi connectivity index (χ1n) is 9.72. The zero-order valence-corrected chi connectivity index (χ0v) is 15.4. The van der Waals surface area contributed by atoms with Crippen molar-refractivity contribution in [1.82, 2.24) is 16.0 Å². The van der Waals surface area contributed by atoms with E-state index in [1.807, 2.05) is 0 Å². The summed E-state index contributed by atoms with van der Waals surface area (Å²) in [4.78, 5) is 0. The fourth-order valence-electron chi connectivity index (χ4n) is 2.39. The van der Waals surface area contributed by atoms with E-state index in [9.17, 15) is 0 Å². The molecule has 0 amide bonds. The van der Waals surface area contributed by atoms with Crippen molar-refractivity contribution in [3.8, 4) is 0 Å². The van der Waals surface area contributed by atoms with E-state index in [2.05, 4.69) is 22.9 Å². The van der Waals surface area contributed by atoms with Gasteiger partial charge < -0.3 is 25.8 Å². The highest BCUT2D eigenvalue weighted by atomic mass is 16.5. The monoisotopic (exact) mass is 331 g/mol. The molecule has 0 atom stereocenters. The largest absolute Gasteiger partial charge is 0.395 e. The summed E-state index contributed by atoms with van der Waals surface area (Å²) in [6.07, 6.45) is 10.8. The van der Waals surface area contributed by atoms with Crippen LogP contribution >= 0.6 is 0 Å². The molecule has 5 heteroatoms. The Labute approximate surface area is 144 Å². The fraction of sp³-hybridized carbons (Fsp3) is 1.00.